The van der Waals surface area contributed by atoms with Crippen LogP contribution in [0.4, 0.5) is 10.1 Å². The maximum absolute atomic E-state index is 13.1. The number of rotatable bonds is 5. The van der Waals surface area contributed by atoms with Gasteiger partial charge in [0.2, 0.25) is 5.91 Å². The van der Waals surface area contributed by atoms with Gasteiger partial charge >= 0.3 is 0 Å². The van der Waals surface area contributed by atoms with Gasteiger partial charge in [-0.1, -0.05) is 12.1 Å². The molecule has 6 heteroatoms. The third-order valence-electron chi connectivity index (χ3n) is 4.33. The van der Waals surface area contributed by atoms with Crippen LogP contribution in [0.3, 0.4) is 0 Å². The fourth-order valence-corrected chi connectivity index (χ4v) is 2.92. The minimum Gasteiger partial charge on any atom is -0.371 e. The summed E-state index contributed by atoms with van der Waals surface area (Å²) in [7, 11) is 0. The number of anilines is 1. The number of Topliss-reactive ketones (excluding diaryl/α,β-unsaturated/α-hetero) is 1. The molecule has 0 spiro atoms. The number of benzene rings is 2. The number of hydrogen-bond donors (Lipinski definition) is 1. The topological polar surface area (TPSA) is 58.6 Å². The Bertz CT molecular complexity index is 775. The zero-order valence-electron chi connectivity index (χ0n) is 14.6. The third-order valence-corrected chi connectivity index (χ3v) is 4.33. The van der Waals surface area contributed by atoms with Crippen LogP contribution in [0.2, 0.25) is 0 Å². The van der Waals surface area contributed by atoms with Gasteiger partial charge < -0.3 is 10.1 Å². The van der Waals surface area contributed by atoms with E-state index in [1.807, 2.05) is 4.90 Å². The average Bonchev–Trinajstić information content (AvgIpc) is 2.63. The number of carbonyl (C=O) groups is 2. The van der Waals surface area contributed by atoms with Gasteiger partial charge in [-0.2, -0.15) is 0 Å². The number of morpholine rings is 1. The lowest BCUT2D eigenvalue weighted by Gasteiger charge is -2.32. The van der Waals surface area contributed by atoms with Gasteiger partial charge in [-0.3, -0.25) is 14.5 Å². The van der Waals surface area contributed by atoms with Crippen LogP contribution < -0.4 is 5.32 Å². The van der Waals surface area contributed by atoms with Crippen molar-refractivity contribution in [2.24, 2.45) is 0 Å². The summed E-state index contributed by atoms with van der Waals surface area (Å²) in [6.45, 7) is 3.50. The van der Waals surface area contributed by atoms with E-state index in [0.29, 0.717) is 30.9 Å². The molecule has 1 heterocycles. The number of hydrogen-bond acceptors (Lipinski definition) is 4. The van der Waals surface area contributed by atoms with Crippen molar-refractivity contribution < 1.29 is 18.7 Å². The lowest BCUT2D eigenvalue weighted by atomic mass is 10.1. The van der Waals surface area contributed by atoms with Gasteiger partial charge in [0.25, 0.3) is 0 Å². The van der Waals surface area contributed by atoms with E-state index in [1.54, 1.807) is 36.4 Å². The molecule has 0 radical (unpaired) electrons. The molecule has 136 valence electrons. The van der Waals surface area contributed by atoms with Crippen LogP contribution in [0.1, 0.15) is 28.9 Å². The molecule has 0 aromatic heterocycles. The average molecular weight is 356 g/mol. The third kappa shape index (κ3) is 4.74. The maximum Gasteiger partial charge on any atom is 0.238 e. The molecule has 0 bridgehead atoms. The summed E-state index contributed by atoms with van der Waals surface area (Å²) < 4.78 is 18.8. The maximum atomic E-state index is 13.1. The predicted octanol–water partition coefficient (Wildman–Crippen LogP) is 3.04. The monoisotopic (exact) mass is 356 g/mol. The van der Waals surface area contributed by atoms with E-state index in [9.17, 15) is 14.0 Å². The van der Waals surface area contributed by atoms with Crippen molar-refractivity contribution in [2.75, 3.05) is 31.6 Å². The summed E-state index contributed by atoms with van der Waals surface area (Å²) in [5.74, 6) is -0.417. The lowest BCUT2D eigenvalue weighted by Crippen LogP contribution is -2.42. The van der Waals surface area contributed by atoms with Crippen molar-refractivity contribution in [3.63, 3.8) is 0 Å². The number of amides is 1. The number of carbonyl (C=O) groups excluding carboxylic acids is 2. The molecule has 0 saturated carbocycles. The second-order valence-corrected chi connectivity index (χ2v) is 6.33. The molecule has 1 aliphatic heterocycles. The minimum atomic E-state index is -0.281. The molecule has 26 heavy (non-hydrogen) atoms. The van der Waals surface area contributed by atoms with Crippen LogP contribution >= 0.6 is 0 Å². The summed E-state index contributed by atoms with van der Waals surface area (Å²) in [6.07, 6.45) is -0.174. The molecule has 2 aromatic rings. The first-order valence-corrected chi connectivity index (χ1v) is 8.51. The highest BCUT2D eigenvalue weighted by molar-refractivity contribution is 5.96. The Hall–Kier alpha value is -2.57. The predicted molar refractivity (Wildman–Crippen MR) is 96.6 cm³/mol. The quantitative estimate of drug-likeness (QED) is 0.837. The molecule has 5 nitrogen and oxygen atoms in total. The van der Waals surface area contributed by atoms with Crippen molar-refractivity contribution in [2.45, 2.75) is 13.0 Å². The Morgan fingerprint density at radius 1 is 1.15 bits per heavy atom. The molecule has 1 atom stereocenters. The second kappa shape index (κ2) is 8.21. The normalized spacial score (nSPS) is 17.7. The fraction of sp³-hybridized carbons (Fsp3) is 0.300. The van der Waals surface area contributed by atoms with Crippen molar-refractivity contribution in [1.29, 1.82) is 0 Å². The number of nitrogens with one attached hydrogen (secondary N) is 1. The van der Waals surface area contributed by atoms with Gasteiger partial charge in [0.1, 0.15) is 5.82 Å². The number of ketones is 1. The Kier molecular flexibility index (Phi) is 5.75. The second-order valence-electron chi connectivity index (χ2n) is 6.33. The summed E-state index contributed by atoms with van der Waals surface area (Å²) in [6, 6.07) is 13.1. The van der Waals surface area contributed by atoms with Crippen LogP contribution in [0.25, 0.3) is 0 Å². The highest BCUT2D eigenvalue weighted by Crippen LogP contribution is 2.22. The van der Waals surface area contributed by atoms with Crippen LogP contribution in [-0.2, 0) is 9.53 Å². The van der Waals surface area contributed by atoms with E-state index >= 15 is 0 Å². The molecular weight excluding hydrogens is 335 g/mol. The Balaban J connectivity index is 1.55. The molecule has 1 fully saturated rings. The SMILES string of the molecule is CC(=O)c1ccc(NC(=O)CN2CCO[C@H](c3ccc(F)cc3)C2)cc1. The molecular formula is C20H21FN2O3. The van der Waals surface area contributed by atoms with Crippen LogP contribution in [0, 0.1) is 5.82 Å². The number of halogens is 1. The van der Waals surface area contributed by atoms with E-state index in [2.05, 4.69) is 5.32 Å². The Morgan fingerprint density at radius 3 is 2.50 bits per heavy atom. The van der Waals surface area contributed by atoms with E-state index in [1.165, 1.54) is 19.1 Å². The Labute approximate surface area is 151 Å². The zero-order chi connectivity index (χ0) is 18.5. The molecule has 3 rings (SSSR count). The van der Waals surface area contributed by atoms with E-state index in [-0.39, 0.29) is 30.2 Å². The van der Waals surface area contributed by atoms with E-state index < -0.39 is 0 Å². The van der Waals surface area contributed by atoms with Crippen LogP contribution in [-0.4, -0.2) is 42.8 Å². The van der Waals surface area contributed by atoms with Crippen molar-refractivity contribution in [1.82, 2.24) is 4.90 Å². The highest BCUT2D eigenvalue weighted by Gasteiger charge is 2.23. The summed E-state index contributed by atoms with van der Waals surface area (Å²) in [5.41, 5.74) is 2.16. The number of ether oxygens (including phenoxy) is 1. The van der Waals surface area contributed by atoms with Crippen LogP contribution in [0.5, 0.6) is 0 Å². The highest BCUT2D eigenvalue weighted by atomic mass is 19.1. The zero-order valence-corrected chi connectivity index (χ0v) is 14.6. The Morgan fingerprint density at radius 2 is 1.85 bits per heavy atom. The van der Waals surface area contributed by atoms with Crippen LogP contribution in [0.15, 0.2) is 48.5 Å². The first-order valence-electron chi connectivity index (χ1n) is 8.51. The fourth-order valence-electron chi connectivity index (χ4n) is 2.92. The largest absolute Gasteiger partial charge is 0.371 e. The molecule has 1 saturated heterocycles. The lowest BCUT2D eigenvalue weighted by molar-refractivity contribution is -0.119. The molecule has 1 amide bonds. The molecule has 0 aliphatic carbocycles. The van der Waals surface area contributed by atoms with Gasteiger partial charge in [-0.05, 0) is 48.9 Å². The molecule has 1 N–H and O–H groups in total. The van der Waals surface area contributed by atoms with E-state index in [0.717, 1.165) is 5.56 Å². The molecule has 1 aliphatic rings. The summed E-state index contributed by atoms with van der Waals surface area (Å²) >= 11 is 0. The summed E-state index contributed by atoms with van der Waals surface area (Å²) in [4.78, 5) is 25.6. The summed E-state index contributed by atoms with van der Waals surface area (Å²) in [5, 5.41) is 2.84. The van der Waals surface area contributed by atoms with Crippen molar-refractivity contribution in [3.8, 4) is 0 Å². The van der Waals surface area contributed by atoms with Gasteiger partial charge in [0.15, 0.2) is 5.78 Å². The first kappa shape index (κ1) is 18.2. The van der Waals surface area contributed by atoms with Crippen molar-refractivity contribution >= 4 is 17.4 Å². The standard InChI is InChI=1S/C20H21FN2O3/c1-14(24)15-4-8-18(9-5-15)22-20(25)13-23-10-11-26-19(12-23)16-2-6-17(21)7-3-16/h2-9,19H,10-13H2,1H3,(H,22,25)/t19-/m0/s1. The van der Waals surface area contributed by atoms with E-state index in [4.69, 9.17) is 4.74 Å². The van der Waals surface area contributed by atoms with Gasteiger partial charge in [0, 0.05) is 24.3 Å². The minimum absolute atomic E-state index is 0.0111. The molecule has 2 aromatic carbocycles. The van der Waals surface area contributed by atoms with Crippen molar-refractivity contribution in [3.05, 3.63) is 65.5 Å². The van der Waals surface area contributed by atoms with Gasteiger partial charge in [0.05, 0.1) is 19.3 Å². The first-order chi connectivity index (χ1) is 12.5. The smallest absolute Gasteiger partial charge is 0.238 e. The number of nitrogens with zero attached hydrogens (tertiary/aromatic N) is 1. The van der Waals surface area contributed by atoms with Gasteiger partial charge in [-0.15, -0.1) is 0 Å². The van der Waals surface area contributed by atoms with Gasteiger partial charge in [-0.25, -0.2) is 4.39 Å². The molecule has 0 unspecified atom stereocenters.